The van der Waals surface area contributed by atoms with E-state index in [0.717, 1.165) is 11.5 Å². The third kappa shape index (κ3) is 19.0. The van der Waals surface area contributed by atoms with Gasteiger partial charge in [0.1, 0.15) is 18.2 Å². The van der Waals surface area contributed by atoms with Crippen LogP contribution >= 0.6 is 19.4 Å². The van der Waals surface area contributed by atoms with E-state index in [2.05, 4.69) is 21.9 Å². The van der Waals surface area contributed by atoms with Gasteiger partial charge in [0.25, 0.3) is 0 Å². The van der Waals surface area contributed by atoms with Crippen molar-refractivity contribution in [3.8, 4) is 0 Å². The van der Waals surface area contributed by atoms with Gasteiger partial charge in [-0.05, 0) is 45.1 Å². The number of nitrogens with zero attached hydrogens (tertiary/aromatic N) is 4. The van der Waals surface area contributed by atoms with E-state index in [0.29, 0.717) is 29.9 Å². The highest BCUT2D eigenvalue weighted by Gasteiger charge is 2.28. The van der Waals surface area contributed by atoms with Crippen LogP contribution in [0.2, 0.25) is 0 Å². The highest BCUT2D eigenvalue weighted by Crippen LogP contribution is 2.48. The van der Waals surface area contributed by atoms with E-state index in [1.54, 1.807) is 24.7 Å². The van der Waals surface area contributed by atoms with Gasteiger partial charge in [0, 0.05) is 0 Å². The van der Waals surface area contributed by atoms with Gasteiger partial charge in [0.2, 0.25) is 6.79 Å². The summed E-state index contributed by atoms with van der Waals surface area (Å²) in [6, 6.07) is 0. The molecule has 12 nitrogen and oxygen atoms in total. The number of aromatic nitrogens is 4. The van der Waals surface area contributed by atoms with Crippen LogP contribution < -0.4 is 5.73 Å². The Bertz CT molecular complexity index is 1160. The number of fused-ring (bicyclic) bond motifs is 1. The Morgan fingerprint density at radius 3 is 2.13 bits per heavy atom. The minimum absolute atomic E-state index is 0.236. The quantitative estimate of drug-likeness (QED) is 0.0373. The Morgan fingerprint density at radius 2 is 1.49 bits per heavy atom. The van der Waals surface area contributed by atoms with Crippen LogP contribution in [0.1, 0.15) is 124 Å². The van der Waals surface area contributed by atoms with Crippen molar-refractivity contribution >= 4 is 42.5 Å². The van der Waals surface area contributed by atoms with Gasteiger partial charge in [-0.1, -0.05) is 90.4 Å². The minimum Gasteiger partial charge on any atom is -0.432 e. The molecule has 0 bridgehead atoms. The molecule has 2 aromatic rings. The summed E-state index contributed by atoms with van der Waals surface area (Å²) in [5, 5.41) is 0. The summed E-state index contributed by atoms with van der Waals surface area (Å²) in [6.07, 6.45) is 20.7. The molecule has 0 spiro atoms. The molecule has 0 radical (unpaired) electrons. The van der Waals surface area contributed by atoms with Crippen LogP contribution in [0.15, 0.2) is 12.7 Å². The van der Waals surface area contributed by atoms with E-state index in [4.69, 9.17) is 29.0 Å². The number of anilines is 1. The molecule has 270 valence electrons. The zero-order valence-electron chi connectivity index (χ0n) is 29.2. The molecule has 2 rings (SSSR count). The normalized spacial score (nSPS) is 13.6. The van der Waals surface area contributed by atoms with Crippen molar-refractivity contribution in [3.63, 3.8) is 0 Å². The van der Waals surface area contributed by atoms with E-state index in [1.165, 1.54) is 96.2 Å². The first-order valence-electron chi connectivity index (χ1n) is 17.6. The fraction of sp³-hybridized carbons (Fsp3) is 0.818. The molecular weight excluding hydrogens is 641 g/mol. The van der Waals surface area contributed by atoms with Gasteiger partial charge in [-0.3, -0.25) is 9.09 Å². The van der Waals surface area contributed by atoms with E-state index < -0.39 is 26.6 Å². The van der Waals surface area contributed by atoms with Crippen molar-refractivity contribution in [1.82, 2.24) is 19.5 Å². The maximum Gasteiger partial charge on any atom is 0.510 e. The van der Waals surface area contributed by atoms with E-state index in [-0.39, 0.29) is 19.1 Å². The maximum atomic E-state index is 13.5. The molecular formula is C33H60N5O7PS. The van der Waals surface area contributed by atoms with Gasteiger partial charge in [0.15, 0.2) is 11.5 Å². The van der Waals surface area contributed by atoms with E-state index in [1.807, 2.05) is 18.7 Å². The van der Waals surface area contributed by atoms with Crippen LogP contribution in [0, 0.1) is 0 Å². The van der Waals surface area contributed by atoms with Crippen LogP contribution in [0.5, 0.6) is 0 Å². The molecule has 2 heterocycles. The highest BCUT2D eigenvalue weighted by atomic mass is 32.2. The van der Waals surface area contributed by atoms with Crippen molar-refractivity contribution in [3.05, 3.63) is 12.7 Å². The number of unbranched alkanes of at least 4 members (excludes halogenated alkanes) is 13. The predicted octanol–water partition coefficient (Wildman–Crippen LogP) is 9.12. The second kappa shape index (κ2) is 25.1. The summed E-state index contributed by atoms with van der Waals surface area (Å²) < 4.78 is 42.1. The highest BCUT2D eigenvalue weighted by molar-refractivity contribution is 7.99. The summed E-state index contributed by atoms with van der Waals surface area (Å²) >= 11 is 1.88. The zero-order valence-corrected chi connectivity index (χ0v) is 30.9. The predicted molar refractivity (Wildman–Crippen MR) is 190 cm³/mol. The largest absolute Gasteiger partial charge is 0.510 e. The number of ether oxygens (including phenoxy) is 3. The van der Waals surface area contributed by atoms with Crippen molar-refractivity contribution in [1.29, 1.82) is 0 Å². The lowest BCUT2D eigenvalue weighted by Crippen LogP contribution is -2.19. The number of imidazole rings is 1. The van der Waals surface area contributed by atoms with Crippen LogP contribution in [0.25, 0.3) is 11.2 Å². The standard InChI is InChI=1S/C33H60N5O7PS/c1-5-6-7-8-9-10-11-12-13-14-15-16-17-18-21-47-22-19-20-43-46(40,44-26-41-33(39)45-28(2)3)27-42-29(4)23-38-25-37-30-31(34)35-24-36-32(30)38/h24-25,28-29H,5-23,26-27H2,1-4H3,(H2,34,35,36)/t29-,46+/m1/s1. The number of nitrogens with two attached hydrogens (primary N) is 1. The first kappa shape index (κ1) is 41.3. The van der Waals surface area contributed by atoms with E-state index >= 15 is 0 Å². The summed E-state index contributed by atoms with van der Waals surface area (Å²) in [4.78, 5) is 24.2. The number of rotatable bonds is 29. The number of nitrogen functional groups attached to an aromatic ring is 1. The van der Waals surface area contributed by atoms with Gasteiger partial charge in [-0.15, -0.1) is 0 Å². The number of thioether (sulfide) groups is 1. The molecule has 0 aliphatic carbocycles. The summed E-state index contributed by atoms with van der Waals surface area (Å²) in [5.41, 5.74) is 6.96. The number of carbonyl (C=O) groups is 1. The van der Waals surface area contributed by atoms with Crippen LogP contribution in [-0.4, -0.2) is 69.1 Å². The Balaban J connectivity index is 1.61. The van der Waals surface area contributed by atoms with Crippen molar-refractivity contribution < 1.29 is 32.6 Å². The Labute approximate surface area is 286 Å². The van der Waals surface area contributed by atoms with Crippen molar-refractivity contribution in [2.24, 2.45) is 0 Å². The Morgan fingerprint density at radius 1 is 0.872 bits per heavy atom. The fourth-order valence-corrected chi connectivity index (χ4v) is 7.15. The fourth-order valence-electron chi connectivity index (χ4n) is 4.94. The molecule has 2 N–H and O–H groups in total. The second-order valence-electron chi connectivity index (χ2n) is 12.2. The molecule has 14 heteroatoms. The SMILES string of the molecule is CCCCCCCCCCCCCCCCSCCCO[P@@](=O)(CO[C@H](C)Cn1cnc2c(N)ncnc21)OCOC(=O)OC(C)C. The lowest BCUT2D eigenvalue weighted by Gasteiger charge is -2.21. The molecule has 0 amide bonds. The average Bonchev–Trinajstić information content (AvgIpc) is 3.44. The van der Waals surface area contributed by atoms with Crippen molar-refractivity contribution in [2.75, 3.05) is 37.0 Å². The molecule has 0 saturated heterocycles. The van der Waals surface area contributed by atoms with Gasteiger partial charge < -0.3 is 29.0 Å². The van der Waals surface area contributed by atoms with Crippen LogP contribution in [-0.2, 0) is 34.4 Å². The van der Waals surface area contributed by atoms with Crippen LogP contribution in [0.4, 0.5) is 10.6 Å². The maximum absolute atomic E-state index is 13.5. The number of hydrogen-bond donors (Lipinski definition) is 1. The topological polar surface area (TPSA) is 150 Å². The average molecular weight is 702 g/mol. The minimum atomic E-state index is -3.74. The van der Waals surface area contributed by atoms with Gasteiger partial charge in [0.05, 0.1) is 31.7 Å². The lowest BCUT2D eigenvalue weighted by molar-refractivity contribution is -0.0180. The monoisotopic (exact) mass is 701 g/mol. The smallest absolute Gasteiger partial charge is 0.432 e. The summed E-state index contributed by atoms with van der Waals surface area (Å²) in [6.45, 7) is 7.54. The zero-order chi connectivity index (χ0) is 34.2. The third-order valence-electron chi connectivity index (χ3n) is 7.52. The van der Waals surface area contributed by atoms with Crippen molar-refractivity contribution in [2.45, 2.75) is 143 Å². The Hall–Kier alpha value is -1.92. The van der Waals surface area contributed by atoms with Gasteiger partial charge >= 0.3 is 13.8 Å². The first-order chi connectivity index (χ1) is 22.7. The lowest BCUT2D eigenvalue weighted by atomic mass is 10.0. The number of hydrogen-bond acceptors (Lipinski definition) is 12. The van der Waals surface area contributed by atoms with E-state index in [9.17, 15) is 9.36 Å². The molecule has 0 aliphatic rings. The van der Waals surface area contributed by atoms with Gasteiger partial charge in [-0.2, -0.15) is 11.8 Å². The Kier molecular flexibility index (Phi) is 22.0. The van der Waals surface area contributed by atoms with Crippen LogP contribution in [0.3, 0.4) is 0 Å². The summed E-state index contributed by atoms with van der Waals surface area (Å²) in [5.74, 6) is 2.30. The molecule has 2 aromatic heterocycles. The number of carbonyl (C=O) groups excluding carboxylic acids is 1. The molecule has 0 fully saturated rings. The third-order valence-corrected chi connectivity index (χ3v) is 10.2. The van der Waals surface area contributed by atoms with Gasteiger partial charge in [-0.25, -0.2) is 19.7 Å². The molecule has 47 heavy (non-hydrogen) atoms. The molecule has 2 atom stereocenters. The second-order valence-corrected chi connectivity index (χ2v) is 15.5. The molecule has 0 unspecified atom stereocenters. The summed E-state index contributed by atoms with van der Waals surface area (Å²) in [7, 11) is -3.74. The molecule has 0 aliphatic heterocycles. The first-order valence-corrected chi connectivity index (χ1v) is 20.4. The molecule has 0 aromatic carbocycles. The molecule has 0 saturated carbocycles.